The molecule has 1 aliphatic heterocycles. The van der Waals surface area contributed by atoms with E-state index in [0.717, 1.165) is 25.6 Å². The summed E-state index contributed by atoms with van der Waals surface area (Å²) in [5.74, 6) is 0. The van der Waals surface area contributed by atoms with E-state index in [1.165, 1.54) is 0 Å². The van der Waals surface area contributed by atoms with E-state index in [-0.39, 0.29) is 18.7 Å². The van der Waals surface area contributed by atoms with Gasteiger partial charge in [-0.3, -0.25) is 0 Å². The maximum atomic E-state index is 8.88. The lowest BCUT2D eigenvalue weighted by atomic mass is 9.66. The topological polar surface area (TPSA) is 58.9 Å². The van der Waals surface area contributed by atoms with Gasteiger partial charge in [-0.1, -0.05) is 19.7 Å². The van der Waals surface area contributed by atoms with Crippen LogP contribution < -0.4 is 0 Å². The van der Waals surface area contributed by atoms with Crippen molar-refractivity contribution in [3.63, 3.8) is 0 Å². The van der Waals surface area contributed by atoms with Crippen molar-refractivity contribution in [1.82, 2.24) is 0 Å². The number of hydrogen-bond acceptors (Lipinski definition) is 3. The van der Waals surface area contributed by atoms with Gasteiger partial charge in [-0.2, -0.15) is 0 Å². The van der Waals surface area contributed by atoms with Gasteiger partial charge < -0.3 is 19.0 Å². The third kappa shape index (κ3) is 6.00. The molecule has 15 heavy (non-hydrogen) atoms. The summed E-state index contributed by atoms with van der Waals surface area (Å²) in [4.78, 5) is 17.8. The first-order valence-electron chi connectivity index (χ1n) is 5.20. The molecule has 0 aromatic heterocycles. The molecule has 0 spiro atoms. The second-order valence-corrected chi connectivity index (χ2v) is 6.35. The molecule has 0 amide bonds. The van der Waals surface area contributed by atoms with Crippen LogP contribution in [0.2, 0.25) is 6.32 Å². The molecular formula is C8H17BO4PS. The van der Waals surface area contributed by atoms with Crippen molar-refractivity contribution >= 4 is 25.8 Å². The molecule has 1 saturated heterocycles. The highest BCUT2D eigenvalue weighted by Crippen LogP contribution is 2.37. The molecule has 1 heterocycles. The summed E-state index contributed by atoms with van der Waals surface area (Å²) >= 11 is 4.36. The Bertz CT molecular complexity index is 235. The molecule has 1 fully saturated rings. The molecule has 2 atom stereocenters. The van der Waals surface area contributed by atoms with E-state index in [9.17, 15) is 0 Å². The average Bonchev–Trinajstić information content (AvgIpc) is 2.58. The smallest absolute Gasteiger partial charge is 0.321 e. The molecule has 0 aliphatic carbocycles. The fourth-order valence-electron chi connectivity index (χ4n) is 1.56. The fourth-order valence-corrected chi connectivity index (χ4v) is 2.11. The highest BCUT2D eigenvalue weighted by atomic mass is 32.5. The van der Waals surface area contributed by atoms with Crippen molar-refractivity contribution in [2.24, 2.45) is 0 Å². The summed E-state index contributed by atoms with van der Waals surface area (Å²) in [6.45, 7) is -1.21. The molecule has 2 N–H and O–H groups in total. The van der Waals surface area contributed by atoms with E-state index < -0.39 is 6.72 Å². The van der Waals surface area contributed by atoms with Gasteiger partial charge in [0, 0.05) is 6.00 Å². The molecule has 1 aliphatic rings. The van der Waals surface area contributed by atoms with Crippen LogP contribution in [0.3, 0.4) is 0 Å². The molecule has 0 aromatic carbocycles. The summed E-state index contributed by atoms with van der Waals surface area (Å²) in [6, 6.07) is 0.189. The quantitative estimate of drug-likeness (QED) is 0.549. The Morgan fingerprint density at radius 3 is 2.87 bits per heavy atom. The fraction of sp³-hybridized carbons (Fsp3) is 1.00. The highest BCUT2D eigenvalue weighted by Gasteiger charge is 2.26. The third-order valence-electron chi connectivity index (χ3n) is 2.29. The van der Waals surface area contributed by atoms with Crippen molar-refractivity contribution in [3.8, 4) is 0 Å². The lowest BCUT2D eigenvalue weighted by molar-refractivity contribution is 0.0452. The normalized spacial score (nSPS) is 26.9. The van der Waals surface area contributed by atoms with E-state index in [1.54, 1.807) is 0 Å². The second-order valence-electron chi connectivity index (χ2n) is 3.68. The summed E-state index contributed by atoms with van der Waals surface area (Å²) < 4.78 is 10.4. The van der Waals surface area contributed by atoms with Crippen molar-refractivity contribution < 1.29 is 19.0 Å². The van der Waals surface area contributed by atoms with Gasteiger partial charge in [0.05, 0.1) is 12.7 Å². The average molecular weight is 251 g/mol. The molecule has 0 bridgehead atoms. The van der Waals surface area contributed by atoms with Crippen molar-refractivity contribution in [1.29, 1.82) is 0 Å². The summed E-state index contributed by atoms with van der Waals surface area (Å²) in [6.07, 6.45) is 3.99. The van der Waals surface area contributed by atoms with E-state index in [4.69, 9.17) is 19.0 Å². The van der Waals surface area contributed by atoms with E-state index in [2.05, 4.69) is 26.0 Å². The van der Waals surface area contributed by atoms with Crippen LogP contribution in [-0.2, 0) is 21.1 Å². The first kappa shape index (κ1) is 13.6. The third-order valence-corrected chi connectivity index (χ3v) is 3.09. The predicted octanol–water partition coefficient (Wildman–Crippen LogP) is 1.25. The first-order chi connectivity index (χ1) is 7.01. The van der Waals surface area contributed by atoms with Crippen molar-refractivity contribution in [2.75, 3.05) is 6.61 Å². The maximum absolute atomic E-state index is 8.88. The van der Waals surface area contributed by atoms with E-state index in [0.29, 0.717) is 0 Å². The molecule has 0 saturated carbocycles. The minimum atomic E-state index is -3.52. The monoisotopic (exact) mass is 251 g/mol. The molecule has 7 heteroatoms. The maximum Gasteiger partial charge on any atom is 0.321 e. The number of hydrogen-bond donors (Lipinski definition) is 2. The van der Waals surface area contributed by atoms with Crippen LogP contribution >= 0.6 is 6.72 Å². The Balaban J connectivity index is 2.16. The van der Waals surface area contributed by atoms with Crippen LogP contribution in [-0.4, -0.2) is 35.8 Å². The molecular weight excluding hydrogens is 234 g/mol. The van der Waals surface area contributed by atoms with E-state index >= 15 is 0 Å². The largest absolute Gasteiger partial charge is 0.382 e. The van der Waals surface area contributed by atoms with Crippen LogP contribution in [0.1, 0.15) is 26.2 Å². The zero-order valence-corrected chi connectivity index (χ0v) is 10.5. The van der Waals surface area contributed by atoms with Crippen LogP contribution in [0.15, 0.2) is 0 Å². The molecule has 0 aromatic rings. The summed E-state index contributed by atoms with van der Waals surface area (Å²) in [5, 5.41) is 0. The van der Waals surface area contributed by atoms with Gasteiger partial charge >= 0.3 is 6.72 Å². The number of rotatable bonds is 6. The Morgan fingerprint density at radius 2 is 2.27 bits per heavy atom. The van der Waals surface area contributed by atoms with Gasteiger partial charge in [-0.05, 0) is 24.6 Å². The Hall–Kier alpha value is 0.555. The Morgan fingerprint density at radius 1 is 1.53 bits per heavy atom. The van der Waals surface area contributed by atoms with Crippen LogP contribution in [0.4, 0.5) is 0 Å². The molecule has 87 valence electrons. The van der Waals surface area contributed by atoms with Crippen LogP contribution in [0.5, 0.6) is 0 Å². The Kier molecular flexibility index (Phi) is 5.75. The summed E-state index contributed by atoms with van der Waals surface area (Å²) in [7, 11) is 2.16. The predicted molar refractivity (Wildman–Crippen MR) is 63.4 cm³/mol. The second kappa shape index (κ2) is 6.33. The standard InChI is InChI=1S/C8H17BO4PS/c1-2-5-9-8-4-3-7(13-8)6-12-14(10,11)15/h7-8H,2-6H2,1H3,(H2,10,11,15)/t7-,8+/m0/s1. The molecule has 1 rings (SSSR count). The summed E-state index contributed by atoms with van der Waals surface area (Å²) in [5.41, 5.74) is 0. The van der Waals surface area contributed by atoms with Gasteiger partial charge in [-0.15, -0.1) is 0 Å². The molecule has 0 unspecified atom stereocenters. The van der Waals surface area contributed by atoms with Crippen molar-refractivity contribution in [3.05, 3.63) is 0 Å². The zero-order valence-electron chi connectivity index (χ0n) is 8.83. The molecule has 1 radical (unpaired) electrons. The van der Waals surface area contributed by atoms with Gasteiger partial charge in [0.15, 0.2) is 0 Å². The lowest BCUT2D eigenvalue weighted by Gasteiger charge is -2.14. The van der Waals surface area contributed by atoms with Crippen molar-refractivity contribution in [2.45, 2.75) is 44.6 Å². The molecule has 4 nitrogen and oxygen atoms in total. The van der Waals surface area contributed by atoms with Crippen LogP contribution in [0.25, 0.3) is 0 Å². The highest BCUT2D eigenvalue weighted by molar-refractivity contribution is 8.06. The lowest BCUT2D eigenvalue weighted by Crippen LogP contribution is -2.20. The SMILES string of the molecule is CCC[B][C@H]1CC[C@@H](COP(O)(O)=S)O1. The minimum Gasteiger partial charge on any atom is -0.382 e. The van der Waals surface area contributed by atoms with E-state index in [1.807, 2.05) is 0 Å². The zero-order chi connectivity index (χ0) is 11.3. The van der Waals surface area contributed by atoms with Gasteiger partial charge in [0.2, 0.25) is 0 Å². The van der Waals surface area contributed by atoms with Gasteiger partial charge in [-0.25, -0.2) is 0 Å². The van der Waals surface area contributed by atoms with Gasteiger partial charge in [0.25, 0.3) is 0 Å². The minimum absolute atomic E-state index is 0.0512. The van der Waals surface area contributed by atoms with Crippen LogP contribution in [0, 0.1) is 0 Å². The number of ether oxygens (including phenoxy) is 1. The first-order valence-corrected chi connectivity index (χ1v) is 7.82. The van der Waals surface area contributed by atoms with Gasteiger partial charge in [0.1, 0.15) is 7.28 Å². The Labute approximate surface area is 96.5 Å².